The minimum atomic E-state index is -0.254. The number of carbonyl (C=O) groups excluding carboxylic acids is 1. The van der Waals surface area contributed by atoms with E-state index in [1.165, 1.54) is 25.0 Å². The fourth-order valence-electron chi connectivity index (χ4n) is 3.05. The molecule has 1 saturated carbocycles. The number of rotatable bonds is 10. The number of unbranched alkanes of at least 4 members (excludes halogenated alkanes) is 2. The summed E-state index contributed by atoms with van der Waals surface area (Å²) < 4.78 is 13.0. The predicted octanol–water partition coefficient (Wildman–Crippen LogP) is 4.65. The van der Waals surface area contributed by atoms with Crippen molar-refractivity contribution in [2.75, 3.05) is 0 Å². The Morgan fingerprint density at radius 3 is 2.65 bits per heavy atom. The zero-order valence-electron chi connectivity index (χ0n) is 15.0. The lowest BCUT2D eigenvalue weighted by atomic mass is 10.0. The van der Waals surface area contributed by atoms with Crippen molar-refractivity contribution in [3.8, 4) is 11.3 Å². The van der Waals surface area contributed by atoms with E-state index in [4.69, 9.17) is 5.73 Å². The van der Waals surface area contributed by atoms with Gasteiger partial charge in [-0.05, 0) is 61.4 Å². The molecule has 0 bridgehead atoms. The normalized spacial score (nSPS) is 14.7. The van der Waals surface area contributed by atoms with Gasteiger partial charge in [0.15, 0.2) is 0 Å². The van der Waals surface area contributed by atoms with Gasteiger partial charge in [0.05, 0.1) is 17.9 Å². The summed E-state index contributed by atoms with van der Waals surface area (Å²) in [6.45, 7) is 0. The molecule has 26 heavy (non-hydrogen) atoms. The summed E-state index contributed by atoms with van der Waals surface area (Å²) in [5, 5.41) is 0. The molecule has 4 nitrogen and oxygen atoms in total. The molecule has 3 rings (SSSR count). The standard InChI is InChI=1S/C20H26FN3O.H2S/c21-16-10-8-15(9-11-16)19-13-23-20(24-19)18(22)5-3-1-2-4-17(25)12-14-6-7-14;/h8-11,13-14,18H,1-7,12,22H2,(H,23,24);1H2/t18-;/m0./s1. The highest BCUT2D eigenvalue weighted by molar-refractivity contribution is 7.59. The molecule has 0 aliphatic heterocycles. The molecule has 3 N–H and O–H groups in total. The Kier molecular flexibility index (Phi) is 7.85. The van der Waals surface area contributed by atoms with Crippen LogP contribution in [0.5, 0.6) is 0 Å². The van der Waals surface area contributed by atoms with Gasteiger partial charge in [-0.1, -0.05) is 12.8 Å². The van der Waals surface area contributed by atoms with Crippen LogP contribution >= 0.6 is 13.5 Å². The SMILES string of the molecule is N[C@@H](CCCCCC(=O)CC1CC1)c1ncc(-c2ccc(F)cc2)[nH]1.S. The summed E-state index contributed by atoms with van der Waals surface area (Å²) in [4.78, 5) is 19.3. The van der Waals surface area contributed by atoms with Gasteiger partial charge in [-0.3, -0.25) is 4.79 Å². The van der Waals surface area contributed by atoms with E-state index in [0.29, 0.717) is 18.1 Å². The second-order valence-electron chi connectivity index (χ2n) is 7.08. The van der Waals surface area contributed by atoms with Gasteiger partial charge >= 0.3 is 0 Å². The van der Waals surface area contributed by atoms with Crippen LogP contribution in [-0.4, -0.2) is 15.8 Å². The smallest absolute Gasteiger partial charge is 0.133 e. The van der Waals surface area contributed by atoms with Crippen LogP contribution in [0.25, 0.3) is 11.3 Å². The van der Waals surface area contributed by atoms with E-state index in [0.717, 1.165) is 49.2 Å². The van der Waals surface area contributed by atoms with Crippen molar-refractivity contribution < 1.29 is 9.18 Å². The van der Waals surface area contributed by atoms with Crippen molar-refractivity contribution >= 4 is 19.3 Å². The van der Waals surface area contributed by atoms with Crippen LogP contribution in [0.4, 0.5) is 4.39 Å². The van der Waals surface area contributed by atoms with E-state index in [9.17, 15) is 9.18 Å². The summed E-state index contributed by atoms with van der Waals surface area (Å²) >= 11 is 0. The van der Waals surface area contributed by atoms with Gasteiger partial charge in [-0.25, -0.2) is 9.37 Å². The van der Waals surface area contributed by atoms with Gasteiger partial charge < -0.3 is 10.7 Å². The molecule has 0 saturated heterocycles. The number of halogens is 1. The van der Waals surface area contributed by atoms with Crippen LogP contribution in [0.1, 0.15) is 63.2 Å². The van der Waals surface area contributed by atoms with Crippen LogP contribution in [0.2, 0.25) is 0 Å². The van der Waals surface area contributed by atoms with Crippen molar-refractivity contribution in [2.45, 2.75) is 57.4 Å². The third kappa shape index (κ3) is 6.25. The lowest BCUT2D eigenvalue weighted by Gasteiger charge is -2.08. The molecule has 2 aromatic rings. The number of imidazole rings is 1. The number of hydrogen-bond acceptors (Lipinski definition) is 3. The summed E-state index contributed by atoms with van der Waals surface area (Å²) in [5.74, 6) is 1.61. The highest BCUT2D eigenvalue weighted by Gasteiger charge is 2.23. The Balaban J connectivity index is 0.00000243. The maximum absolute atomic E-state index is 13.0. The Morgan fingerprint density at radius 1 is 1.23 bits per heavy atom. The van der Waals surface area contributed by atoms with Crippen LogP contribution < -0.4 is 5.73 Å². The van der Waals surface area contributed by atoms with Gasteiger partial charge in [0.1, 0.15) is 17.4 Å². The largest absolute Gasteiger partial charge is 0.341 e. The third-order valence-electron chi connectivity index (χ3n) is 4.79. The van der Waals surface area contributed by atoms with E-state index in [1.807, 2.05) is 0 Å². The van der Waals surface area contributed by atoms with Crippen LogP contribution in [0, 0.1) is 11.7 Å². The van der Waals surface area contributed by atoms with Crippen molar-refractivity contribution in [1.82, 2.24) is 9.97 Å². The first kappa shape index (κ1) is 20.6. The number of hydrogen-bond donors (Lipinski definition) is 2. The van der Waals surface area contributed by atoms with Gasteiger partial charge in [0, 0.05) is 12.8 Å². The number of nitrogens with one attached hydrogen (secondary N) is 1. The minimum absolute atomic E-state index is 0. The molecule has 1 atom stereocenters. The monoisotopic (exact) mass is 377 g/mol. The number of aromatic amines is 1. The Labute approximate surface area is 161 Å². The Bertz CT molecular complexity index is 697. The van der Waals surface area contributed by atoms with Crippen molar-refractivity contribution in [2.24, 2.45) is 11.7 Å². The topological polar surface area (TPSA) is 71.8 Å². The van der Waals surface area contributed by atoms with Crippen molar-refractivity contribution in [1.29, 1.82) is 0 Å². The second kappa shape index (κ2) is 9.88. The molecule has 6 heteroatoms. The average Bonchev–Trinajstić information content (AvgIpc) is 3.27. The molecule has 0 spiro atoms. The number of carbonyl (C=O) groups is 1. The van der Waals surface area contributed by atoms with E-state index < -0.39 is 0 Å². The zero-order chi connectivity index (χ0) is 17.6. The van der Waals surface area contributed by atoms with Crippen molar-refractivity contribution in [3.05, 3.63) is 42.1 Å². The number of H-pyrrole nitrogens is 1. The predicted molar refractivity (Wildman–Crippen MR) is 107 cm³/mol. The Hall–Kier alpha value is -1.66. The number of nitrogens with two attached hydrogens (primary N) is 1. The first-order chi connectivity index (χ1) is 12.1. The second-order valence-corrected chi connectivity index (χ2v) is 7.08. The van der Waals surface area contributed by atoms with Crippen LogP contribution in [0.15, 0.2) is 30.5 Å². The van der Waals surface area contributed by atoms with Gasteiger partial charge in [0.25, 0.3) is 0 Å². The van der Waals surface area contributed by atoms with Crippen LogP contribution in [0.3, 0.4) is 0 Å². The van der Waals surface area contributed by atoms with E-state index >= 15 is 0 Å². The Morgan fingerprint density at radius 2 is 1.96 bits per heavy atom. The first-order valence-electron chi connectivity index (χ1n) is 9.20. The molecule has 1 heterocycles. The van der Waals surface area contributed by atoms with Crippen molar-refractivity contribution in [3.63, 3.8) is 0 Å². The van der Waals surface area contributed by atoms with Crippen LogP contribution in [-0.2, 0) is 4.79 Å². The number of ketones is 1. The molecule has 1 aliphatic rings. The summed E-state index contributed by atoms with van der Waals surface area (Å²) in [7, 11) is 0. The molecule has 1 aliphatic carbocycles. The van der Waals surface area contributed by atoms with E-state index in [-0.39, 0.29) is 25.4 Å². The molecular weight excluding hydrogens is 349 g/mol. The lowest BCUT2D eigenvalue weighted by Crippen LogP contribution is -2.12. The summed E-state index contributed by atoms with van der Waals surface area (Å²) in [5.41, 5.74) is 7.94. The summed E-state index contributed by atoms with van der Waals surface area (Å²) in [6.07, 6.45) is 9.52. The first-order valence-corrected chi connectivity index (χ1v) is 9.20. The van der Waals surface area contributed by atoms with Gasteiger partial charge in [-0.2, -0.15) is 13.5 Å². The molecule has 1 aromatic carbocycles. The van der Waals surface area contributed by atoms with E-state index in [2.05, 4.69) is 9.97 Å². The highest BCUT2D eigenvalue weighted by atomic mass is 32.1. The van der Waals surface area contributed by atoms with E-state index in [1.54, 1.807) is 18.3 Å². The molecule has 1 aromatic heterocycles. The zero-order valence-corrected chi connectivity index (χ0v) is 16.0. The molecule has 142 valence electrons. The fourth-order valence-corrected chi connectivity index (χ4v) is 3.05. The highest BCUT2D eigenvalue weighted by Crippen LogP contribution is 2.33. The average molecular weight is 378 g/mol. The fraction of sp³-hybridized carbons (Fsp3) is 0.500. The number of nitrogens with zero attached hydrogens (tertiary/aromatic N) is 1. The third-order valence-corrected chi connectivity index (χ3v) is 4.79. The number of Topliss-reactive ketones (excluding diaryl/α,β-unsaturated/α-hetero) is 1. The van der Waals surface area contributed by atoms with Gasteiger partial charge in [-0.15, -0.1) is 0 Å². The number of aromatic nitrogens is 2. The molecule has 1 fully saturated rings. The number of benzene rings is 1. The molecular formula is C20H28FN3OS. The maximum atomic E-state index is 13.0. The lowest BCUT2D eigenvalue weighted by molar-refractivity contribution is -0.119. The molecule has 0 amide bonds. The quantitative estimate of drug-likeness (QED) is 0.592. The minimum Gasteiger partial charge on any atom is -0.341 e. The van der Waals surface area contributed by atoms with Gasteiger partial charge in [0.2, 0.25) is 0 Å². The molecule has 0 unspecified atom stereocenters. The molecule has 0 radical (unpaired) electrons. The summed E-state index contributed by atoms with van der Waals surface area (Å²) in [6, 6.07) is 6.16. The maximum Gasteiger partial charge on any atom is 0.133 e.